The number of carbonyl (C=O) groups is 1. The average molecular weight is 438 g/mol. The van der Waals surface area contributed by atoms with Crippen LogP contribution in [0.3, 0.4) is 0 Å². The highest BCUT2D eigenvalue weighted by molar-refractivity contribution is 6.30. The number of hydrogen-bond acceptors (Lipinski definition) is 5. The highest BCUT2D eigenvalue weighted by atomic mass is 35.5. The molecule has 0 radical (unpaired) electrons. The number of anilines is 1. The van der Waals surface area contributed by atoms with Gasteiger partial charge in [-0.2, -0.15) is 0 Å². The van der Waals surface area contributed by atoms with Crippen LogP contribution >= 0.6 is 11.6 Å². The van der Waals surface area contributed by atoms with Crippen LogP contribution in [0.2, 0.25) is 5.02 Å². The molecular formula is C20H15ClF3N3O3. The average Bonchev–Trinajstić information content (AvgIpc) is 2.72. The number of ether oxygens (including phenoxy) is 2. The first kappa shape index (κ1) is 21.4. The first-order chi connectivity index (χ1) is 14.2. The first-order valence-electron chi connectivity index (χ1n) is 8.48. The monoisotopic (exact) mass is 437 g/mol. The molecule has 0 fully saturated rings. The van der Waals surface area contributed by atoms with Crippen molar-refractivity contribution in [3.63, 3.8) is 0 Å². The molecule has 0 spiro atoms. The molecule has 0 atom stereocenters. The zero-order valence-corrected chi connectivity index (χ0v) is 16.5. The summed E-state index contributed by atoms with van der Waals surface area (Å²) < 4.78 is 46.0. The summed E-state index contributed by atoms with van der Waals surface area (Å²) in [5, 5.41) is 0.455. The zero-order valence-electron chi connectivity index (χ0n) is 15.8. The van der Waals surface area contributed by atoms with Crippen molar-refractivity contribution in [2.45, 2.75) is 6.36 Å². The summed E-state index contributed by atoms with van der Waals surface area (Å²) in [6.07, 6.45) is -2.08. The fourth-order valence-corrected chi connectivity index (χ4v) is 2.81. The predicted molar refractivity (Wildman–Crippen MR) is 105 cm³/mol. The first-order valence-corrected chi connectivity index (χ1v) is 8.85. The molecule has 0 unspecified atom stereocenters. The van der Waals surface area contributed by atoms with Crippen molar-refractivity contribution in [2.24, 2.45) is 0 Å². The lowest BCUT2D eigenvalue weighted by molar-refractivity contribution is -0.274. The molecule has 156 valence electrons. The molecule has 0 aliphatic rings. The highest BCUT2D eigenvalue weighted by Crippen LogP contribution is 2.31. The number of rotatable bonds is 5. The second-order valence-corrected chi connectivity index (χ2v) is 6.48. The minimum absolute atomic E-state index is 0.0441. The van der Waals surface area contributed by atoms with Crippen molar-refractivity contribution in [2.75, 3.05) is 19.1 Å². The van der Waals surface area contributed by atoms with E-state index in [1.807, 2.05) is 0 Å². The molecule has 0 saturated carbocycles. The number of aromatic nitrogens is 2. The SMILES string of the molecule is COc1cc(Cl)ccc1N(C)C(=O)c1cncc(-c2ccc(OC(F)(F)F)cc2)n1. The van der Waals surface area contributed by atoms with Crippen LogP contribution in [-0.4, -0.2) is 36.4 Å². The zero-order chi connectivity index (χ0) is 21.9. The Morgan fingerprint density at radius 2 is 1.80 bits per heavy atom. The van der Waals surface area contributed by atoms with Gasteiger partial charge in [-0.05, 0) is 36.4 Å². The Hall–Kier alpha value is -3.33. The van der Waals surface area contributed by atoms with Gasteiger partial charge in [-0.25, -0.2) is 4.98 Å². The van der Waals surface area contributed by atoms with Crippen molar-refractivity contribution in [1.29, 1.82) is 0 Å². The molecule has 0 N–H and O–H groups in total. The fraction of sp³-hybridized carbons (Fsp3) is 0.150. The van der Waals surface area contributed by atoms with Gasteiger partial charge in [0.2, 0.25) is 0 Å². The van der Waals surface area contributed by atoms with Gasteiger partial charge in [0.1, 0.15) is 17.2 Å². The second-order valence-electron chi connectivity index (χ2n) is 6.04. The van der Waals surface area contributed by atoms with Gasteiger partial charge in [0.25, 0.3) is 5.91 Å². The van der Waals surface area contributed by atoms with E-state index in [4.69, 9.17) is 16.3 Å². The van der Waals surface area contributed by atoms with Crippen LogP contribution in [0, 0.1) is 0 Å². The van der Waals surface area contributed by atoms with Crippen LogP contribution < -0.4 is 14.4 Å². The van der Waals surface area contributed by atoms with Gasteiger partial charge in [0.05, 0.1) is 30.9 Å². The van der Waals surface area contributed by atoms with Gasteiger partial charge < -0.3 is 14.4 Å². The Morgan fingerprint density at radius 1 is 1.10 bits per heavy atom. The molecular weight excluding hydrogens is 423 g/mol. The van der Waals surface area contributed by atoms with E-state index < -0.39 is 12.3 Å². The van der Waals surface area contributed by atoms with Crippen molar-refractivity contribution in [1.82, 2.24) is 9.97 Å². The minimum Gasteiger partial charge on any atom is -0.495 e. The van der Waals surface area contributed by atoms with Crippen LogP contribution in [-0.2, 0) is 0 Å². The van der Waals surface area contributed by atoms with Crippen LogP contribution in [0.25, 0.3) is 11.3 Å². The number of nitrogens with zero attached hydrogens (tertiary/aromatic N) is 3. The van der Waals surface area contributed by atoms with E-state index in [1.54, 1.807) is 25.2 Å². The summed E-state index contributed by atoms with van der Waals surface area (Å²) in [6.45, 7) is 0. The molecule has 0 aliphatic heterocycles. The summed E-state index contributed by atoms with van der Waals surface area (Å²) in [5.74, 6) is -0.411. The Balaban J connectivity index is 1.85. The minimum atomic E-state index is -4.78. The van der Waals surface area contributed by atoms with Crippen molar-refractivity contribution in [3.05, 3.63) is 65.6 Å². The van der Waals surface area contributed by atoms with Gasteiger partial charge in [-0.1, -0.05) is 11.6 Å². The van der Waals surface area contributed by atoms with E-state index in [9.17, 15) is 18.0 Å². The van der Waals surface area contributed by atoms with Gasteiger partial charge in [-0.15, -0.1) is 13.2 Å². The highest BCUT2D eigenvalue weighted by Gasteiger charge is 2.31. The predicted octanol–water partition coefficient (Wildman–Crippen LogP) is 4.98. The van der Waals surface area contributed by atoms with Crippen LogP contribution in [0.4, 0.5) is 18.9 Å². The summed E-state index contributed by atoms with van der Waals surface area (Å²) in [7, 11) is 3.01. The van der Waals surface area contributed by atoms with Crippen LogP contribution in [0.1, 0.15) is 10.5 Å². The number of carbonyl (C=O) groups excluding carboxylic acids is 1. The molecule has 6 nitrogen and oxygen atoms in total. The summed E-state index contributed by atoms with van der Waals surface area (Å²) in [6, 6.07) is 9.93. The van der Waals surface area contributed by atoms with Crippen molar-refractivity contribution in [3.8, 4) is 22.8 Å². The number of halogens is 4. The molecule has 1 heterocycles. The lowest BCUT2D eigenvalue weighted by Crippen LogP contribution is -2.27. The third-order valence-electron chi connectivity index (χ3n) is 4.05. The third kappa shape index (κ3) is 4.98. The Labute approximate surface area is 174 Å². The van der Waals surface area contributed by atoms with E-state index in [0.29, 0.717) is 27.7 Å². The van der Waals surface area contributed by atoms with E-state index in [-0.39, 0.29) is 11.4 Å². The molecule has 30 heavy (non-hydrogen) atoms. The Morgan fingerprint density at radius 3 is 2.43 bits per heavy atom. The number of amides is 1. The number of benzene rings is 2. The Bertz CT molecular complexity index is 1060. The summed E-state index contributed by atoms with van der Waals surface area (Å²) in [5.41, 5.74) is 1.31. The molecule has 1 aromatic heterocycles. The summed E-state index contributed by atoms with van der Waals surface area (Å²) >= 11 is 5.95. The maximum atomic E-state index is 12.9. The van der Waals surface area contributed by atoms with Gasteiger partial charge in [0, 0.05) is 23.7 Å². The van der Waals surface area contributed by atoms with Gasteiger partial charge in [0.15, 0.2) is 0 Å². The number of hydrogen-bond donors (Lipinski definition) is 0. The molecule has 10 heteroatoms. The quantitative estimate of drug-likeness (QED) is 0.563. The fourth-order valence-electron chi connectivity index (χ4n) is 2.65. The van der Waals surface area contributed by atoms with Crippen molar-refractivity contribution >= 4 is 23.2 Å². The van der Waals surface area contributed by atoms with Crippen LogP contribution in [0.5, 0.6) is 11.5 Å². The smallest absolute Gasteiger partial charge is 0.495 e. The molecule has 2 aromatic carbocycles. The Kier molecular flexibility index (Phi) is 6.12. The van der Waals surface area contributed by atoms with Gasteiger partial charge in [-0.3, -0.25) is 9.78 Å². The standard InChI is InChI=1S/C20H15ClF3N3O3/c1-27(17-8-5-13(21)9-18(17)29-2)19(28)16-11-25-10-15(26-16)12-3-6-14(7-4-12)30-20(22,23)24/h3-11H,1-2H3. The van der Waals surface area contributed by atoms with E-state index in [1.165, 1.54) is 36.5 Å². The van der Waals surface area contributed by atoms with Crippen LogP contribution in [0.15, 0.2) is 54.9 Å². The molecule has 3 aromatic rings. The maximum Gasteiger partial charge on any atom is 0.573 e. The van der Waals surface area contributed by atoms with Crippen molar-refractivity contribution < 1.29 is 27.4 Å². The number of methoxy groups -OCH3 is 1. The molecule has 0 saturated heterocycles. The van der Waals surface area contributed by atoms with E-state index in [0.717, 1.165) is 12.1 Å². The summed E-state index contributed by atoms with van der Waals surface area (Å²) in [4.78, 5) is 22.5. The number of alkyl halides is 3. The maximum absolute atomic E-state index is 12.9. The molecule has 1 amide bonds. The van der Waals surface area contributed by atoms with E-state index in [2.05, 4.69) is 14.7 Å². The lowest BCUT2D eigenvalue weighted by atomic mass is 10.1. The lowest BCUT2D eigenvalue weighted by Gasteiger charge is -2.20. The third-order valence-corrected chi connectivity index (χ3v) is 4.28. The van der Waals surface area contributed by atoms with E-state index >= 15 is 0 Å². The largest absolute Gasteiger partial charge is 0.573 e. The second kappa shape index (κ2) is 8.58. The normalized spacial score (nSPS) is 11.1. The molecule has 3 rings (SSSR count). The van der Waals surface area contributed by atoms with Gasteiger partial charge >= 0.3 is 6.36 Å². The molecule has 0 bridgehead atoms. The topological polar surface area (TPSA) is 64.5 Å². The molecule has 0 aliphatic carbocycles.